The van der Waals surface area contributed by atoms with E-state index in [9.17, 15) is 10.1 Å². The van der Waals surface area contributed by atoms with Crippen molar-refractivity contribution in [1.29, 1.82) is 5.26 Å². The van der Waals surface area contributed by atoms with E-state index in [4.69, 9.17) is 4.42 Å². The minimum Gasteiger partial charge on any atom is -0.451 e. The number of nitriles is 1. The van der Waals surface area contributed by atoms with Crippen LogP contribution in [0, 0.1) is 25.2 Å². The van der Waals surface area contributed by atoms with Crippen LogP contribution in [0.1, 0.15) is 56.4 Å². The zero-order chi connectivity index (χ0) is 23.1. The highest BCUT2D eigenvalue weighted by atomic mass is 79.9. The number of fused-ring (bicyclic) bond motifs is 2. The fourth-order valence-electron chi connectivity index (χ4n) is 4.40. The summed E-state index contributed by atoms with van der Waals surface area (Å²) in [4.78, 5) is 13.8. The van der Waals surface area contributed by atoms with Crippen LogP contribution in [-0.4, -0.2) is 16.7 Å². The van der Waals surface area contributed by atoms with Crippen molar-refractivity contribution in [3.63, 3.8) is 0 Å². The number of carbonyl (C=O) groups excluding carboxylic acids is 1. The first-order valence-corrected chi connectivity index (χ1v) is 12.3. The number of furan rings is 1. The average molecular weight is 521 g/mol. The Hall–Kier alpha value is -3.15. The van der Waals surface area contributed by atoms with Gasteiger partial charge in [-0.3, -0.25) is 4.79 Å². The van der Waals surface area contributed by atoms with Crippen LogP contribution in [-0.2, 0) is 12.8 Å². The van der Waals surface area contributed by atoms with Crippen LogP contribution >= 0.6 is 27.3 Å². The first-order valence-electron chi connectivity index (χ1n) is 10.7. The molecule has 1 amide bonds. The van der Waals surface area contributed by atoms with E-state index in [2.05, 4.69) is 37.1 Å². The molecule has 0 fully saturated rings. The largest absolute Gasteiger partial charge is 0.451 e. The summed E-state index contributed by atoms with van der Waals surface area (Å²) in [5, 5.41) is 15.8. The number of hydrogen-bond donors (Lipinski definition) is 1. The Labute approximate surface area is 203 Å². The second-order valence-corrected chi connectivity index (χ2v) is 10.2. The third kappa shape index (κ3) is 3.92. The predicted octanol–water partition coefficient (Wildman–Crippen LogP) is 6.18. The highest BCUT2D eigenvalue weighted by molar-refractivity contribution is 9.10. The minimum absolute atomic E-state index is 0.202. The van der Waals surface area contributed by atoms with Crippen molar-refractivity contribution in [2.24, 2.45) is 5.10 Å². The summed E-state index contributed by atoms with van der Waals surface area (Å²) in [6.07, 6.45) is 5.99. The lowest BCUT2D eigenvalue weighted by molar-refractivity contribution is 0.0929. The normalized spacial score (nSPS) is 13.4. The van der Waals surface area contributed by atoms with Crippen LogP contribution in [0.4, 0.5) is 0 Å². The first-order chi connectivity index (χ1) is 16.0. The standard InChI is InChI=1S/C25H21BrN4O2S/c1-14-9-17(13-28-29-24(31)22-11-16-10-18(26)7-8-21(16)32-22)15(2)30(14)25-20(12-27)19-5-3-4-6-23(19)33-25/h7-11,13H,3-6H2,1-2H3,(H,29,31)/b28-13+. The number of carbonyl (C=O) groups is 1. The molecule has 0 atom stereocenters. The van der Waals surface area contributed by atoms with Gasteiger partial charge < -0.3 is 8.98 Å². The molecule has 0 spiro atoms. The van der Waals surface area contributed by atoms with Crippen molar-refractivity contribution < 1.29 is 9.21 Å². The monoisotopic (exact) mass is 520 g/mol. The van der Waals surface area contributed by atoms with E-state index in [0.29, 0.717) is 5.58 Å². The molecule has 3 aromatic heterocycles. The van der Waals surface area contributed by atoms with Crippen molar-refractivity contribution in [3.8, 4) is 11.1 Å². The van der Waals surface area contributed by atoms with Crippen molar-refractivity contribution in [1.82, 2.24) is 9.99 Å². The number of nitrogens with zero attached hydrogens (tertiary/aromatic N) is 3. The molecule has 1 aliphatic carbocycles. The highest BCUT2D eigenvalue weighted by Crippen LogP contribution is 2.38. The maximum Gasteiger partial charge on any atom is 0.307 e. The Kier molecular flexibility index (Phi) is 5.69. The van der Waals surface area contributed by atoms with E-state index in [1.807, 2.05) is 38.1 Å². The van der Waals surface area contributed by atoms with Crippen molar-refractivity contribution >= 4 is 50.4 Å². The number of thiophene rings is 1. The molecule has 8 heteroatoms. The second kappa shape index (κ2) is 8.65. The molecular weight excluding hydrogens is 500 g/mol. The molecule has 0 saturated carbocycles. The lowest BCUT2D eigenvalue weighted by atomic mass is 9.96. The van der Waals surface area contributed by atoms with E-state index in [1.165, 1.54) is 16.9 Å². The third-order valence-corrected chi connectivity index (χ3v) is 7.78. The number of benzene rings is 1. The Bertz CT molecular complexity index is 1470. The molecule has 1 aromatic carbocycles. The molecule has 4 aromatic rings. The number of aryl methyl sites for hydroxylation is 2. The van der Waals surface area contributed by atoms with E-state index < -0.39 is 5.91 Å². The summed E-state index contributed by atoms with van der Waals surface area (Å²) in [5.74, 6) is -0.210. The molecule has 0 bridgehead atoms. The lowest BCUT2D eigenvalue weighted by Gasteiger charge is -2.10. The van der Waals surface area contributed by atoms with Crippen LogP contribution in [0.25, 0.3) is 16.0 Å². The topological polar surface area (TPSA) is 83.3 Å². The molecule has 0 saturated heterocycles. The summed E-state index contributed by atoms with van der Waals surface area (Å²) in [5.41, 5.74) is 8.10. The van der Waals surface area contributed by atoms with Crippen molar-refractivity contribution in [2.45, 2.75) is 39.5 Å². The Morgan fingerprint density at radius 3 is 2.91 bits per heavy atom. The van der Waals surface area contributed by atoms with Crippen LogP contribution in [0.2, 0.25) is 0 Å². The maximum atomic E-state index is 12.5. The fourth-order valence-corrected chi connectivity index (χ4v) is 6.23. The fraction of sp³-hybridized carbons (Fsp3) is 0.240. The highest BCUT2D eigenvalue weighted by Gasteiger charge is 2.23. The lowest BCUT2D eigenvalue weighted by Crippen LogP contribution is -2.16. The molecule has 1 aliphatic rings. The van der Waals surface area contributed by atoms with Gasteiger partial charge in [-0.15, -0.1) is 11.3 Å². The van der Waals surface area contributed by atoms with Gasteiger partial charge in [0.2, 0.25) is 0 Å². The number of nitrogens with one attached hydrogen (secondary N) is 1. The molecular formula is C25H21BrN4O2S. The Balaban J connectivity index is 1.39. The SMILES string of the molecule is Cc1cc(/C=N/NC(=O)c2cc3cc(Br)ccc3o2)c(C)n1-c1sc2c(c1C#N)CCCC2. The van der Waals surface area contributed by atoms with Crippen molar-refractivity contribution in [2.75, 3.05) is 0 Å². The number of aromatic nitrogens is 1. The smallest absolute Gasteiger partial charge is 0.307 e. The van der Waals surface area contributed by atoms with Crippen molar-refractivity contribution in [3.05, 3.63) is 73.5 Å². The summed E-state index contributed by atoms with van der Waals surface area (Å²) < 4.78 is 8.66. The Morgan fingerprint density at radius 2 is 2.09 bits per heavy atom. The molecule has 0 radical (unpaired) electrons. The van der Waals surface area contributed by atoms with Gasteiger partial charge in [0, 0.05) is 31.7 Å². The molecule has 166 valence electrons. The number of halogens is 1. The van der Waals surface area contributed by atoms with E-state index >= 15 is 0 Å². The molecule has 33 heavy (non-hydrogen) atoms. The van der Waals surface area contributed by atoms with Crippen LogP contribution < -0.4 is 5.43 Å². The van der Waals surface area contributed by atoms with E-state index in [0.717, 1.165) is 56.6 Å². The van der Waals surface area contributed by atoms with Gasteiger partial charge in [0.15, 0.2) is 5.76 Å². The molecule has 5 rings (SSSR count). The molecule has 0 unspecified atom stereocenters. The minimum atomic E-state index is -0.412. The van der Waals surface area contributed by atoms with Gasteiger partial charge in [-0.25, -0.2) is 5.43 Å². The predicted molar refractivity (Wildman–Crippen MR) is 133 cm³/mol. The first kappa shape index (κ1) is 21.7. The van der Waals surface area contributed by atoms with E-state index in [1.54, 1.807) is 23.6 Å². The van der Waals surface area contributed by atoms with Gasteiger partial charge >= 0.3 is 5.91 Å². The maximum absolute atomic E-state index is 12.5. The van der Waals surface area contributed by atoms with Gasteiger partial charge in [-0.1, -0.05) is 15.9 Å². The number of amides is 1. The van der Waals surface area contributed by atoms with Gasteiger partial charge in [-0.2, -0.15) is 10.4 Å². The van der Waals surface area contributed by atoms with Gasteiger partial charge in [0.1, 0.15) is 16.7 Å². The number of rotatable bonds is 4. The molecule has 1 N–H and O–H groups in total. The van der Waals surface area contributed by atoms with Crippen LogP contribution in [0.5, 0.6) is 0 Å². The zero-order valence-corrected chi connectivity index (χ0v) is 20.6. The molecule has 0 aliphatic heterocycles. The summed E-state index contributed by atoms with van der Waals surface area (Å²) in [7, 11) is 0. The van der Waals surface area contributed by atoms with Gasteiger partial charge in [0.25, 0.3) is 0 Å². The van der Waals surface area contributed by atoms with Gasteiger partial charge in [-0.05, 0) is 75.4 Å². The summed E-state index contributed by atoms with van der Waals surface area (Å²) >= 11 is 5.14. The zero-order valence-electron chi connectivity index (χ0n) is 18.2. The van der Waals surface area contributed by atoms with Crippen LogP contribution in [0.15, 0.2) is 44.3 Å². The molecule has 3 heterocycles. The number of hydrogen-bond acceptors (Lipinski definition) is 5. The Morgan fingerprint density at radius 1 is 1.27 bits per heavy atom. The second-order valence-electron chi connectivity index (χ2n) is 8.16. The summed E-state index contributed by atoms with van der Waals surface area (Å²) in [6.45, 7) is 4.03. The number of hydrazone groups is 1. The third-order valence-electron chi connectivity index (χ3n) is 6.01. The average Bonchev–Trinajstić information content (AvgIpc) is 3.46. The summed E-state index contributed by atoms with van der Waals surface area (Å²) in [6, 6.07) is 11.7. The quantitative estimate of drug-likeness (QED) is 0.257. The van der Waals surface area contributed by atoms with Crippen LogP contribution in [0.3, 0.4) is 0 Å². The van der Waals surface area contributed by atoms with E-state index in [-0.39, 0.29) is 5.76 Å². The molecule has 6 nitrogen and oxygen atoms in total. The van der Waals surface area contributed by atoms with Gasteiger partial charge in [0.05, 0.1) is 11.8 Å².